The lowest BCUT2D eigenvalue weighted by molar-refractivity contribution is -0.137. The van der Waals surface area contributed by atoms with Gasteiger partial charge >= 0.3 is 6.18 Å². The van der Waals surface area contributed by atoms with Gasteiger partial charge < -0.3 is 0 Å². The van der Waals surface area contributed by atoms with Gasteiger partial charge in [-0.25, -0.2) is 0 Å². The zero-order valence-corrected chi connectivity index (χ0v) is 11.4. The molecule has 1 aromatic carbocycles. The molecular weight excluding hydrogens is 283 g/mol. The summed E-state index contributed by atoms with van der Waals surface area (Å²) in [5, 5.41) is 10.1. The molecule has 104 valence electrons. The van der Waals surface area contributed by atoms with Crippen molar-refractivity contribution in [1.82, 2.24) is 0 Å². The van der Waals surface area contributed by atoms with Crippen LogP contribution in [0.2, 0.25) is 0 Å². The van der Waals surface area contributed by atoms with E-state index >= 15 is 0 Å². The summed E-state index contributed by atoms with van der Waals surface area (Å²) in [6.07, 6.45) is 0.845. The summed E-state index contributed by atoms with van der Waals surface area (Å²) >= 11 is 1.93. The SMILES string of the molecule is N#Cc1cc(C(F)(F)F)ccc1C1=CC2CCC(C1)S2. The number of halogens is 3. The number of thioether (sulfide) groups is 1. The molecule has 0 radical (unpaired) electrons. The number of nitrogens with zero attached hydrogens (tertiary/aromatic N) is 1. The Labute approximate surface area is 119 Å². The Morgan fingerprint density at radius 2 is 2.05 bits per heavy atom. The molecule has 0 aromatic heterocycles. The molecular formula is C15H12F3NS. The van der Waals surface area contributed by atoms with Crippen molar-refractivity contribution in [2.75, 3.05) is 0 Å². The highest BCUT2D eigenvalue weighted by Crippen LogP contribution is 2.45. The van der Waals surface area contributed by atoms with Crippen molar-refractivity contribution in [2.45, 2.75) is 35.9 Å². The van der Waals surface area contributed by atoms with E-state index in [0.29, 0.717) is 16.1 Å². The third kappa shape index (κ3) is 2.45. The van der Waals surface area contributed by atoms with Crippen molar-refractivity contribution in [1.29, 1.82) is 5.26 Å². The molecule has 0 N–H and O–H groups in total. The third-order valence-corrected chi connectivity index (χ3v) is 5.30. The predicted molar refractivity (Wildman–Crippen MR) is 73.2 cm³/mol. The summed E-state index contributed by atoms with van der Waals surface area (Å²) in [7, 11) is 0. The Bertz CT molecular complexity index is 613. The molecule has 2 atom stereocenters. The monoisotopic (exact) mass is 295 g/mol. The molecule has 0 aliphatic carbocycles. The number of allylic oxidation sites excluding steroid dienone is 1. The van der Waals surface area contributed by atoms with Gasteiger partial charge in [0.2, 0.25) is 0 Å². The molecule has 0 amide bonds. The first-order valence-corrected chi connectivity index (χ1v) is 7.39. The maximum Gasteiger partial charge on any atom is 0.416 e. The van der Waals surface area contributed by atoms with Crippen LogP contribution in [-0.2, 0) is 6.18 Å². The van der Waals surface area contributed by atoms with Crippen LogP contribution in [0, 0.1) is 11.3 Å². The molecule has 2 bridgehead atoms. The fourth-order valence-corrected chi connectivity index (χ4v) is 4.39. The van der Waals surface area contributed by atoms with Gasteiger partial charge in [-0.2, -0.15) is 30.2 Å². The summed E-state index contributed by atoms with van der Waals surface area (Å²) in [6, 6.07) is 5.38. The average Bonchev–Trinajstić information content (AvgIpc) is 2.75. The molecule has 3 rings (SSSR count). The molecule has 2 unspecified atom stereocenters. The number of hydrogen-bond donors (Lipinski definition) is 0. The largest absolute Gasteiger partial charge is 0.416 e. The maximum atomic E-state index is 12.7. The van der Waals surface area contributed by atoms with Crippen LogP contribution in [0.25, 0.3) is 5.57 Å². The van der Waals surface area contributed by atoms with Gasteiger partial charge in [0.05, 0.1) is 17.2 Å². The van der Waals surface area contributed by atoms with Crippen LogP contribution in [-0.4, -0.2) is 10.5 Å². The first kappa shape index (κ1) is 13.6. The summed E-state index contributed by atoms with van der Waals surface area (Å²) in [4.78, 5) is 0. The third-order valence-electron chi connectivity index (χ3n) is 3.79. The lowest BCUT2D eigenvalue weighted by Gasteiger charge is -2.20. The van der Waals surface area contributed by atoms with E-state index in [0.717, 1.165) is 37.0 Å². The molecule has 1 saturated heterocycles. The fraction of sp³-hybridized carbons (Fsp3) is 0.400. The highest BCUT2D eigenvalue weighted by Gasteiger charge is 2.33. The van der Waals surface area contributed by atoms with Crippen molar-refractivity contribution < 1.29 is 13.2 Å². The van der Waals surface area contributed by atoms with Crippen LogP contribution in [0.5, 0.6) is 0 Å². The van der Waals surface area contributed by atoms with Gasteiger partial charge in [0.1, 0.15) is 0 Å². The Balaban J connectivity index is 2.01. The van der Waals surface area contributed by atoms with E-state index in [-0.39, 0.29) is 5.56 Å². The van der Waals surface area contributed by atoms with Crippen LogP contribution in [0.15, 0.2) is 24.3 Å². The standard InChI is InChI=1S/C15H12F3NS/c16-15(17,18)11-1-4-14(10(5-11)8-19)9-6-12-2-3-13(7-9)20-12/h1,4-6,12-13H,2-3,7H2. The van der Waals surface area contributed by atoms with Gasteiger partial charge in [-0.3, -0.25) is 0 Å². The first-order valence-electron chi connectivity index (χ1n) is 6.45. The number of hydrogen-bond acceptors (Lipinski definition) is 2. The summed E-state index contributed by atoms with van der Waals surface area (Å²) in [5.74, 6) is 0. The fourth-order valence-electron chi connectivity index (χ4n) is 2.84. The molecule has 2 aliphatic heterocycles. The Kier molecular flexibility index (Phi) is 3.29. The van der Waals surface area contributed by atoms with E-state index in [1.165, 1.54) is 6.07 Å². The van der Waals surface area contributed by atoms with Crippen molar-refractivity contribution >= 4 is 17.3 Å². The molecule has 5 heteroatoms. The van der Waals surface area contributed by atoms with Crippen molar-refractivity contribution in [3.05, 3.63) is 41.0 Å². The highest BCUT2D eigenvalue weighted by molar-refractivity contribution is 8.01. The second-order valence-electron chi connectivity index (χ2n) is 5.14. The normalized spacial score (nSPS) is 25.2. The second kappa shape index (κ2) is 4.85. The Morgan fingerprint density at radius 1 is 1.25 bits per heavy atom. The van der Waals surface area contributed by atoms with E-state index in [1.807, 2.05) is 17.8 Å². The molecule has 2 aliphatic rings. The average molecular weight is 295 g/mol. The summed E-state index contributed by atoms with van der Waals surface area (Å²) in [6.45, 7) is 0. The minimum Gasteiger partial charge on any atom is -0.192 e. The van der Waals surface area contributed by atoms with Crippen molar-refractivity contribution in [3.8, 4) is 6.07 Å². The minimum absolute atomic E-state index is 0.123. The summed E-state index contributed by atoms with van der Waals surface area (Å²) in [5.41, 5.74) is 1.06. The van der Waals surface area contributed by atoms with Crippen LogP contribution in [0.3, 0.4) is 0 Å². The van der Waals surface area contributed by atoms with Crippen LogP contribution in [0.4, 0.5) is 13.2 Å². The molecule has 1 fully saturated rings. The van der Waals surface area contributed by atoms with Crippen molar-refractivity contribution in [2.24, 2.45) is 0 Å². The van der Waals surface area contributed by atoms with E-state index in [9.17, 15) is 13.2 Å². The molecule has 20 heavy (non-hydrogen) atoms. The maximum absolute atomic E-state index is 12.7. The lowest BCUT2D eigenvalue weighted by atomic mass is 9.94. The minimum atomic E-state index is -4.40. The zero-order valence-electron chi connectivity index (χ0n) is 10.6. The van der Waals surface area contributed by atoms with Crippen molar-refractivity contribution in [3.63, 3.8) is 0 Å². The molecule has 2 heterocycles. The number of rotatable bonds is 1. The smallest absolute Gasteiger partial charge is 0.192 e. The van der Waals surface area contributed by atoms with E-state index in [1.54, 1.807) is 0 Å². The molecule has 0 spiro atoms. The number of fused-ring (bicyclic) bond motifs is 2. The van der Waals surface area contributed by atoms with E-state index in [2.05, 4.69) is 6.08 Å². The lowest BCUT2D eigenvalue weighted by Crippen LogP contribution is -2.09. The number of alkyl halides is 3. The number of benzene rings is 1. The van der Waals surface area contributed by atoms with Gasteiger partial charge in [0, 0.05) is 10.5 Å². The Morgan fingerprint density at radius 3 is 2.70 bits per heavy atom. The van der Waals surface area contributed by atoms with Gasteiger partial charge in [-0.15, -0.1) is 0 Å². The quantitative estimate of drug-likeness (QED) is 0.754. The Hall–Kier alpha value is -1.41. The van der Waals surface area contributed by atoms with Gasteiger partial charge in [0.25, 0.3) is 0 Å². The zero-order chi connectivity index (χ0) is 14.3. The van der Waals surface area contributed by atoms with Gasteiger partial charge in [0.15, 0.2) is 0 Å². The predicted octanol–water partition coefficient (Wildman–Crippen LogP) is 4.63. The van der Waals surface area contributed by atoms with Crippen LogP contribution < -0.4 is 0 Å². The molecule has 1 nitrogen and oxygen atoms in total. The second-order valence-corrected chi connectivity index (χ2v) is 6.68. The van der Waals surface area contributed by atoms with E-state index in [4.69, 9.17) is 5.26 Å². The molecule has 0 saturated carbocycles. The summed E-state index contributed by atoms with van der Waals surface area (Å²) < 4.78 is 38.1. The highest BCUT2D eigenvalue weighted by atomic mass is 32.2. The number of nitriles is 1. The molecule has 1 aromatic rings. The van der Waals surface area contributed by atoms with Gasteiger partial charge in [-0.05, 0) is 42.5 Å². The topological polar surface area (TPSA) is 23.8 Å². The van der Waals surface area contributed by atoms with Crippen LogP contribution >= 0.6 is 11.8 Å². The van der Waals surface area contributed by atoms with E-state index < -0.39 is 11.7 Å². The first-order chi connectivity index (χ1) is 9.47. The van der Waals surface area contributed by atoms with Crippen LogP contribution in [0.1, 0.15) is 36.0 Å². The van der Waals surface area contributed by atoms with Gasteiger partial charge in [-0.1, -0.05) is 12.1 Å².